The number of likely N-dealkylation sites (tertiary alicyclic amines) is 1. The Morgan fingerprint density at radius 1 is 1.30 bits per heavy atom. The van der Waals surface area contributed by atoms with E-state index in [9.17, 15) is 18.7 Å². The fourth-order valence-electron chi connectivity index (χ4n) is 2.32. The molecule has 2 rings (SSSR count). The molecular formula is C14H16ClF2NO2. The van der Waals surface area contributed by atoms with Crippen molar-refractivity contribution in [3.8, 4) is 0 Å². The number of carbonyl (C=O) groups excluding carboxylic acids is 1. The molecule has 0 aliphatic carbocycles. The highest BCUT2D eigenvalue weighted by Crippen LogP contribution is 2.25. The molecule has 1 unspecified atom stereocenters. The number of aliphatic hydroxyl groups is 1. The summed E-state index contributed by atoms with van der Waals surface area (Å²) in [6.45, 7) is 2.55. The van der Waals surface area contributed by atoms with E-state index in [4.69, 9.17) is 11.6 Å². The van der Waals surface area contributed by atoms with Crippen LogP contribution in [0.25, 0.3) is 0 Å². The summed E-state index contributed by atoms with van der Waals surface area (Å²) < 4.78 is 26.3. The van der Waals surface area contributed by atoms with Crippen LogP contribution in [0.5, 0.6) is 0 Å². The number of hydrogen-bond donors (Lipinski definition) is 1. The summed E-state index contributed by atoms with van der Waals surface area (Å²) in [5, 5.41) is 9.88. The third-order valence-electron chi connectivity index (χ3n) is 3.59. The van der Waals surface area contributed by atoms with E-state index in [1.807, 2.05) is 0 Å². The molecule has 0 saturated carbocycles. The molecule has 0 spiro atoms. The minimum absolute atomic E-state index is 0.0490. The minimum Gasteiger partial charge on any atom is -0.390 e. The lowest BCUT2D eigenvalue weighted by atomic mass is 9.98. The van der Waals surface area contributed by atoms with E-state index in [1.165, 1.54) is 4.90 Å². The molecule has 1 saturated heterocycles. The average Bonchev–Trinajstić information content (AvgIpc) is 2.54. The van der Waals surface area contributed by atoms with E-state index in [0.717, 1.165) is 12.1 Å². The summed E-state index contributed by atoms with van der Waals surface area (Å²) in [4.78, 5) is 13.8. The van der Waals surface area contributed by atoms with Gasteiger partial charge in [-0.1, -0.05) is 11.6 Å². The van der Waals surface area contributed by atoms with Gasteiger partial charge in [-0.3, -0.25) is 4.79 Å². The van der Waals surface area contributed by atoms with Crippen LogP contribution in [0.1, 0.15) is 36.5 Å². The van der Waals surface area contributed by atoms with E-state index in [1.54, 1.807) is 6.92 Å². The van der Waals surface area contributed by atoms with Crippen molar-refractivity contribution in [3.63, 3.8) is 0 Å². The molecule has 3 nitrogen and oxygen atoms in total. The zero-order valence-corrected chi connectivity index (χ0v) is 11.9. The van der Waals surface area contributed by atoms with E-state index < -0.39 is 23.1 Å². The molecule has 1 fully saturated rings. The van der Waals surface area contributed by atoms with Crippen molar-refractivity contribution in [1.29, 1.82) is 0 Å². The van der Waals surface area contributed by atoms with Gasteiger partial charge in [-0.15, -0.1) is 0 Å². The largest absolute Gasteiger partial charge is 0.390 e. The average molecular weight is 304 g/mol. The van der Waals surface area contributed by atoms with Gasteiger partial charge in [-0.25, -0.2) is 8.78 Å². The Bertz CT molecular complexity index is 534. The zero-order chi connectivity index (χ0) is 14.9. The Balaban J connectivity index is 2.21. The predicted molar refractivity (Wildman–Crippen MR) is 71.7 cm³/mol. The van der Waals surface area contributed by atoms with Crippen molar-refractivity contribution >= 4 is 17.5 Å². The van der Waals surface area contributed by atoms with Crippen molar-refractivity contribution in [2.24, 2.45) is 0 Å². The maximum Gasteiger partial charge on any atom is 0.255 e. The number of halogens is 3. The monoisotopic (exact) mass is 303 g/mol. The summed E-state index contributed by atoms with van der Waals surface area (Å²) in [5.41, 5.74) is -0.848. The number of carbonyl (C=O) groups is 1. The molecule has 0 aromatic heterocycles. The lowest BCUT2D eigenvalue weighted by Gasteiger charge is -2.23. The van der Waals surface area contributed by atoms with Gasteiger partial charge in [0.1, 0.15) is 0 Å². The van der Waals surface area contributed by atoms with Crippen LogP contribution in [0.15, 0.2) is 12.1 Å². The van der Waals surface area contributed by atoms with Crippen molar-refractivity contribution in [3.05, 3.63) is 34.4 Å². The molecule has 0 bridgehead atoms. The molecular weight excluding hydrogens is 288 g/mol. The maximum atomic E-state index is 13.2. The van der Waals surface area contributed by atoms with E-state index in [-0.39, 0.29) is 10.6 Å². The second-order valence-electron chi connectivity index (χ2n) is 5.39. The number of benzene rings is 1. The minimum atomic E-state index is -1.10. The zero-order valence-electron chi connectivity index (χ0n) is 11.1. The van der Waals surface area contributed by atoms with Gasteiger partial charge in [0.2, 0.25) is 0 Å². The van der Waals surface area contributed by atoms with Crippen LogP contribution in [0, 0.1) is 11.6 Å². The standard InChI is InChI=1S/C14H16ClF2NO2/c1-14(20)3-2-5-18(6-4-14)13(19)9-7-11(16)12(17)8-10(9)15/h7-8,20H,2-6H2,1H3. The van der Waals surface area contributed by atoms with Crippen LogP contribution < -0.4 is 0 Å². The van der Waals surface area contributed by atoms with Crippen LogP contribution in [0.2, 0.25) is 5.02 Å². The van der Waals surface area contributed by atoms with Crippen LogP contribution >= 0.6 is 11.6 Å². The van der Waals surface area contributed by atoms with Crippen LogP contribution in [-0.4, -0.2) is 34.6 Å². The second-order valence-corrected chi connectivity index (χ2v) is 5.80. The molecule has 20 heavy (non-hydrogen) atoms. The first-order valence-electron chi connectivity index (χ1n) is 6.46. The Hall–Kier alpha value is -1.20. The van der Waals surface area contributed by atoms with Gasteiger partial charge >= 0.3 is 0 Å². The van der Waals surface area contributed by atoms with Crippen molar-refractivity contribution in [2.75, 3.05) is 13.1 Å². The molecule has 110 valence electrons. The molecule has 1 aromatic rings. The number of rotatable bonds is 1. The van der Waals surface area contributed by atoms with Gasteiger partial charge in [0.05, 0.1) is 16.2 Å². The molecule has 1 amide bonds. The van der Waals surface area contributed by atoms with Gasteiger partial charge in [-0.2, -0.15) is 0 Å². The Kier molecular flexibility index (Phi) is 4.30. The quantitative estimate of drug-likeness (QED) is 0.810. The first kappa shape index (κ1) is 15.2. The normalized spacial score (nSPS) is 23.6. The molecule has 1 aliphatic rings. The van der Waals surface area contributed by atoms with Crippen molar-refractivity contribution in [2.45, 2.75) is 31.8 Å². The summed E-state index contributed by atoms with van der Waals surface area (Å²) in [6.07, 6.45) is 1.70. The maximum absolute atomic E-state index is 13.2. The highest BCUT2D eigenvalue weighted by atomic mass is 35.5. The number of hydrogen-bond acceptors (Lipinski definition) is 2. The van der Waals surface area contributed by atoms with Crippen LogP contribution in [-0.2, 0) is 0 Å². The van der Waals surface area contributed by atoms with E-state index in [2.05, 4.69) is 0 Å². The van der Waals surface area contributed by atoms with E-state index >= 15 is 0 Å². The molecule has 1 aliphatic heterocycles. The highest BCUT2D eigenvalue weighted by molar-refractivity contribution is 6.33. The Labute approximate surface area is 121 Å². The second kappa shape index (κ2) is 5.66. The third-order valence-corrected chi connectivity index (χ3v) is 3.90. The summed E-state index contributed by atoms with van der Waals surface area (Å²) in [7, 11) is 0. The smallest absolute Gasteiger partial charge is 0.255 e. The first-order valence-corrected chi connectivity index (χ1v) is 6.84. The van der Waals surface area contributed by atoms with Crippen LogP contribution in [0.3, 0.4) is 0 Å². The lowest BCUT2D eigenvalue weighted by molar-refractivity contribution is 0.0438. The van der Waals surface area contributed by atoms with Crippen LogP contribution in [0.4, 0.5) is 8.78 Å². The van der Waals surface area contributed by atoms with Gasteiger partial charge in [-0.05, 0) is 38.3 Å². The fraction of sp³-hybridized carbons (Fsp3) is 0.500. The predicted octanol–water partition coefficient (Wildman–Crippen LogP) is 3.00. The van der Waals surface area contributed by atoms with Gasteiger partial charge in [0.15, 0.2) is 11.6 Å². The van der Waals surface area contributed by atoms with Gasteiger partial charge < -0.3 is 10.0 Å². The molecule has 1 heterocycles. The number of nitrogens with zero attached hydrogens (tertiary/aromatic N) is 1. The highest BCUT2D eigenvalue weighted by Gasteiger charge is 2.28. The van der Waals surface area contributed by atoms with E-state index in [0.29, 0.717) is 32.4 Å². The first-order chi connectivity index (χ1) is 9.30. The fourth-order valence-corrected chi connectivity index (χ4v) is 2.55. The molecule has 1 aromatic carbocycles. The summed E-state index contributed by atoms with van der Waals surface area (Å²) in [5.74, 6) is -2.61. The molecule has 1 N–H and O–H groups in total. The Morgan fingerprint density at radius 2 is 1.95 bits per heavy atom. The number of amides is 1. The van der Waals surface area contributed by atoms with Crippen molar-refractivity contribution in [1.82, 2.24) is 4.90 Å². The van der Waals surface area contributed by atoms with Gasteiger partial charge in [0.25, 0.3) is 5.91 Å². The SMILES string of the molecule is CC1(O)CCCN(C(=O)c2cc(F)c(F)cc2Cl)CC1. The lowest BCUT2D eigenvalue weighted by Crippen LogP contribution is -2.33. The summed E-state index contributed by atoms with van der Waals surface area (Å²) in [6, 6.07) is 1.63. The third kappa shape index (κ3) is 3.27. The molecule has 6 heteroatoms. The Morgan fingerprint density at radius 3 is 2.65 bits per heavy atom. The molecule has 1 atom stereocenters. The van der Waals surface area contributed by atoms with Gasteiger partial charge in [0, 0.05) is 13.1 Å². The van der Waals surface area contributed by atoms with Crippen molar-refractivity contribution < 1.29 is 18.7 Å². The summed E-state index contributed by atoms with van der Waals surface area (Å²) >= 11 is 5.81. The molecule has 0 radical (unpaired) electrons. The topological polar surface area (TPSA) is 40.5 Å².